The van der Waals surface area contributed by atoms with Crippen LogP contribution in [-0.2, 0) is 17.3 Å². The van der Waals surface area contributed by atoms with Crippen molar-refractivity contribution in [1.29, 1.82) is 0 Å². The van der Waals surface area contributed by atoms with Crippen LogP contribution in [0.5, 0.6) is 0 Å². The van der Waals surface area contributed by atoms with Gasteiger partial charge in [-0.15, -0.1) is 0 Å². The fourth-order valence-electron chi connectivity index (χ4n) is 4.28. The number of benzene rings is 2. The maximum absolute atomic E-state index is 14.5. The maximum Gasteiger partial charge on any atom is 0.386 e. The van der Waals surface area contributed by atoms with Crippen LogP contribution in [0.4, 0.5) is 22.0 Å². The Hall–Kier alpha value is -1.95. The average Bonchev–Trinajstić information content (AvgIpc) is 2.71. The zero-order chi connectivity index (χ0) is 21.7. The van der Waals surface area contributed by atoms with Crippen molar-refractivity contribution in [2.75, 3.05) is 6.61 Å². The third-order valence-electron chi connectivity index (χ3n) is 5.98. The van der Waals surface area contributed by atoms with Gasteiger partial charge >= 0.3 is 6.11 Å². The summed E-state index contributed by atoms with van der Waals surface area (Å²) in [6.07, 6.45) is 2.58. The lowest BCUT2D eigenvalue weighted by molar-refractivity contribution is -0.249. The van der Waals surface area contributed by atoms with E-state index in [-0.39, 0.29) is 12.3 Å². The Kier molecular flexibility index (Phi) is 7.50. The molecule has 0 heterocycles. The highest BCUT2D eigenvalue weighted by molar-refractivity contribution is 5.29. The number of hydrogen-bond acceptors (Lipinski definition) is 1. The van der Waals surface area contributed by atoms with Crippen LogP contribution >= 0.6 is 0 Å². The zero-order valence-electron chi connectivity index (χ0n) is 17.1. The molecular weight excluding hydrogens is 399 g/mol. The predicted molar refractivity (Wildman–Crippen MR) is 106 cm³/mol. The quantitative estimate of drug-likeness (QED) is 0.398. The summed E-state index contributed by atoms with van der Waals surface area (Å²) >= 11 is 0. The molecule has 0 aliphatic heterocycles. The largest absolute Gasteiger partial charge is 0.386 e. The molecule has 1 aliphatic carbocycles. The van der Waals surface area contributed by atoms with Crippen molar-refractivity contribution in [2.24, 2.45) is 5.92 Å². The molecule has 0 unspecified atom stereocenters. The smallest absolute Gasteiger partial charge is 0.316 e. The van der Waals surface area contributed by atoms with E-state index in [0.717, 1.165) is 55.9 Å². The van der Waals surface area contributed by atoms with Gasteiger partial charge in [0.25, 0.3) is 0 Å². The fourth-order valence-corrected chi connectivity index (χ4v) is 4.28. The van der Waals surface area contributed by atoms with Crippen molar-refractivity contribution in [3.8, 4) is 0 Å². The minimum Gasteiger partial charge on any atom is -0.316 e. The molecule has 1 nitrogen and oxygen atoms in total. The summed E-state index contributed by atoms with van der Waals surface area (Å²) in [7, 11) is 0. The zero-order valence-corrected chi connectivity index (χ0v) is 17.1. The van der Waals surface area contributed by atoms with Crippen LogP contribution in [0, 0.1) is 23.4 Å². The molecule has 0 spiro atoms. The van der Waals surface area contributed by atoms with E-state index in [0.29, 0.717) is 11.5 Å². The van der Waals surface area contributed by atoms with Gasteiger partial charge in [-0.2, -0.15) is 8.78 Å². The summed E-state index contributed by atoms with van der Waals surface area (Å²) < 4.78 is 74.0. The Bertz CT molecular complexity index is 843. The molecule has 1 saturated carbocycles. The van der Waals surface area contributed by atoms with Crippen LogP contribution in [0.2, 0.25) is 0 Å². The number of alkyl halides is 2. The van der Waals surface area contributed by atoms with Crippen LogP contribution in [0.1, 0.15) is 68.1 Å². The molecule has 0 atom stereocenters. The third kappa shape index (κ3) is 5.60. The number of hydrogen-bond donors (Lipinski definition) is 0. The average molecular weight is 426 g/mol. The lowest BCUT2D eigenvalue weighted by Gasteiger charge is -2.29. The standard InChI is InChI=1S/C24H27F5O/c1-2-3-16-4-7-18(8-5-16)19-9-10-20(22(26)15-19)24(28,29)30-13-12-17-6-11-21(25)23(27)14-17/h6,9-11,14-16,18H,2-5,7-8,12-13H2,1H3/t16-,18-. The first kappa shape index (κ1) is 22.7. The van der Waals surface area contributed by atoms with Gasteiger partial charge < -0.3 is 4.74 Å². The Morgan fingerprint density at radius 1 is 0.900 bits per heavy atom. The van der Waals surface area contributed by atoms with Gasteiger partial charge in [0.15, 0.2) is 11.6 Å². The molecule has 6 heteroatoms. The lowest BCUT2D eigenvalue weighted by atomic mass is 9.77. The minimum atomic E-state index is -3.81. The molecule has 2 aromatic carbocycles. The van der Waals surface area contributed by atoms with Gasteiger partial charge in [0.2, 0.25) is 0 Å². The Balaban J connectivity index is 1.59. The Morgan fingerprint density at radius 3 is 2.27 bits per heavy atom. The molecule has 0 saturated heterocycles. The van der Waals surface area contributed by atoms with E-state index < -0.39 is 35.7 Å². The van der Waals surface area contributed by atoms with E-state index in [1.807, 2.05) is 0 Å². The maximum atomic E-state index is 14.5. The van der Waals surface area contributed by atoms with Crippen molar-refractivity contribution in [3.63, 3.8) is 0 Å². The molecule has 0 radical (unpaired) electrons. The van der Waals surface area contributed by atoms with Crippen LogP contribution < -0.4 is 0 Å². The summed E-state index contributed by atoms with van der Waals surface area (Å²) in [4.78, 5) is 0. The first-order chi connectivity index (χ1) is 14.3. The second kappa shape index (κ2) is 9.90. The van der Waals surface area contributed by atoms with Crippen molar-refractivity contribution >= 4 is 0 Å². The first-order valence-corrected chi connectivity index (χ1v) is 10.6. The molecule has 1 aliphatic rings. The number of halogens is 5. The SMILES string of the molecule is CCC[C@H]1CC[C@H](c2ccc(C(F)(F)OCCc3ccc(F)c(F)c3)c(F)c2)CC1. The molecular formula is C24H27F5O. The molecule has 164 valence electrons. The van der Waals surface area contributed by atoms with Gasteiger partial charge in [0, 0.05) is 0 Å². The number of rotatable bonds is 8. The fraction of sp³-hybridized carbons (Fsp3) is 0.500. The lowest BCUT2D eigenvalue weighted by Crippen LogP contribution is -2.22. The van der Waals surface area contributed by atoms with Gasteiger partial charge in [-0.3, -0.25) is 0 Å². The molecule has 30 heavy (non-hydrogen) atoms. The second-order valence-corrected chi connectivity index (χ2v) is 8.11. The molecule has 2 aromatic rings. The molecule has 1 fully saturated rings. The van der Waals surface area contributed by atoms with Crippen LogP contribution in [0.15, 0.2) is 36.4 Å². The summed E-state index contributed by atoms with van der Waals surface area (Å²) in [5.41, 5.74) is 0.263. The third-order valence-corrected chi connectivity index (χ3v) is 5.98. The van der Waals surface area contributed by atoms with Gasteiger partial charge in [-0.25, -0.2) is 13.2 Å². The molecule has 3 rings (SSSR count). The van der Waals surface area contributed by atoms with E-state index in [9.17, 15) is 22.0 Å². The van der Waals surface area contributed by atoms with Crippen LogP contribution in [-0.4, -0.2) is 6.61 Å². The predicted octanol–water partition coefficient (Wildman–Crippen LogP) is 7.49. The summed E-state index contributed by atoms with van der Waals surface area (Å²) in [5, 5.41) is 0. The first-order valence-electron chi connectivity index (χ1n) is 10.6. The van der Waals surface area contributed by atoms with Gasteiger partial charge in [0.1, 0.15) is 5.82 Å². The van der Waals surface area contributed by atoms with Gasteiger partial charge in [-0.05, 0) is 79.3 Å². The van der Waals surface area contributed by atoms with Crippen molar-refractivity contribution < 1.29 is 26.7 Å². The van der Waals surface area contributed by atoms with Gasteiger partial charge in [0.05, 0.1) is 12.2 Å². The Morgan fingerprint density at radius 2 is 1.63 bits per heavy atom. The molecule has 0 N–H and O–H groups in total. The minimum absolute atomic E-state index is 0.0481. The van der Waals surface area contributed by atoms with E-state index in [2.05, 4.69) is 11.7 Å². The van der Waals surface area contributed by atoms with E-state index in [1.165, 1.54) is 18.6 Å². The molecule has 0 bridgehead atoms. The van der Waals surface area contributed by atoms with Crippen molar-refractivity contribution in [1.82, 2.24) is 0 Å². The highest BCUT2D eigenvalue weighted by Gasteiger charge is 2.36. The van der Waals surface area contributed by atoms with E-state index in [4.69, 9.17) is 0 Å². The van der Waals surface area contributed by atoms with Crippen molar-refractivity contribution in [2.45, 2.75) is 63.9 Å². The summed E-state index contributed by atoms with van der Waals surface area (Å²) in [5.74, 6) is -2.14. The second-order valence-electron chi connectivity index (χ2n) is 8.11. The van der Waals surface area contributed by atoms with Crippen LogP contribution in [0.3, 0.4) is 0 Å². The monoisotopic (exact) mass is 426 g/mol. The summed E-state index contributed by atoms with van der Waals surface area (Å²) in [6.45, 7) is 1.71. The number of ether oxygens (including phenoxy) is 1. The molecule has 0 amide bonds. The molecule has 0 aromatic heterocycles. The highest BCUT2D eigenvalue weighted by atomic mass is 19.3. The topological polar surface area (TPSA) is 9.23 Å². The van der Waals surface area contributed by atoms with E-state index >= 15 is 0 Å². The van der Waals surface area contributed by atoms with Crippen LogP contribution in [0.25, 0.3) is 0 Å². The van der Waals surface area contributed by atoms with Gasteiger partial charge in [-0.1, -0.05) is 31.9 Å². The normalized spacial score (nSPS) is 19.8. The highest BCUT2D eigenvalue weighted by Crippen LogP contribution is 2.39. The summed E-state index contributed by atoms with van der Waals surface area (Å²) in [6, 6.07) is 7.02. The Labute approximate surface area is 174 Å². The van der Waals surface area contributed by atoms with Crippen molar-refractivity contribution in [3.05, 3.63) is 70.5 Å². The van der Waals surface area contributed by atoms with E-state index in [1.54, 1.807) is 6.07 Å².